The summed E-state index contributed by atoms with van der Waals surface area (Å²) in [5.74, 6) is 0.342. The second-order valence-electron chi connectivity index (χ2n) is 5.38. The van der Waals surface area contributed by atoms with Crippen LogP contribution in [0.5, 0.6) is 0 Å². The maximum Gasteiger partial charge on any atom is 0.242 e. The number of hydrogen-bond acceptors (Lipinski definition) is 5. The molecule has 1 saturated heterocycles. The van der Waals surface area contributed by atoms with Crippen molar-refractivity contribution in [2.24, 2.45) is 13.0 Å². The third-order valence-corrected chi connectivity index (χ3v) is 5.18. The minimum Gasteiger partial charge on any atom is -0.316 e. The van der Waals surface area contributed by atoms with Crippen molar-refractivity contribution in [1.29, 1.82) is 0 Å². The van der Waals surface area contributed by atoms with Crippen molar-refractivity contribution in [1.82, 2.24) is 25.0 Å². The van der Waals surface area contributed by atoms with Gasteiger partial charge in [0.25, 0.3) is 0 Å². The molecule has 0 bridgehead atoms. The van der Waals surface area contributed by atoms with E-state index in [1.165, 1.54) is 4.80 Å². The standard InChI is InChI=1S/C13H19N5O2S/c1-18-16-11-5-2-6-12(13(11)17-18)21(19,20)15-9-10-4-3-7-14-8-10/h2,5-6,10,14-15H,3-4,7-9H2,1H3. The Bertz CT molecular complexity index is 734. The van der Waals surface area contributed by atoms with Crippen LogP contribution in [-0.4, -0.2) is 43.0 Å². The van der Waals surface area contributed by atoms with Gasteiger partial charge >= 0.3 is 0 Å². The molecule has 2 N–H and O–H groups in total. The molecule has 1 aromatic heterocycles. The molecule has 0 aliphatic carbocycles. The lowest BCUT2D eigenvalue weighted by molar-refractivity contribution is 0.376. The number of aromatic nitrogens is 3. The van der Waals surface area contributed by atoms with Gasteiger partial charge in [-0.05, 0) is 44.0 Å². The molecule has 8 heteroatoms. The lowest BCUT2D eigenvalue weighted by Crippen LogP contribution is -2.38. The smallest absolute Gasteiger partial charge is 0.242 e. The normalized spacial score (nSPS) is 20.0. The number of benzene rings is 1. The Balaban J connectivity index is 1.82. The van der Waals surface area contributed by atoms with Crippen LogP contribution in [0.1, 0.15) is 12.8 Å². The molecule has 1 fully saturated rings. The van der Waals surface area contributed by atoms with Crippen LogP contribution in [-0.2, 0) is 17.1 Å². The van der Waals surface area contributed by atoms with Gasteiger partial charge in [0.05, 0.1) is 0 Å². The Morgan fingerprint density at radius 3 is 3.05 bits per heavy atom. The van der Waals surface area contributed by atoms with Gasteiger partial charge in [0.1, 0.15) is 15.9 Å². The second-order valence-corrected chi connectivity index (χ2v) is 7.11. The predicted octanol–water partition coefficient (Wildman–Crippen LogP) is 0.246. The minimum absolute atomic E-state index is 0.192. The molecular formula is C13H19N5O2S. The fourth-order valence-electron chi connectivity index (χ4n) is 2.64. The van der Waals surface area contributed by atoms with Crippen LogP contribution < -0.4 is 10.0 Å². The number of rotatable bonds is 4. The first-order valence-corrected chi connectivity index (χ1v) is 8.55. The van der Waals surface area contributed by atoms with Crippen LogP contribution >= 0.6 is 0 Å². The molecule has 2 heterocycles. The molecule has 0 radical (unpaired) electrons. The SMILES string of the molecule is Cn1nc2cccc(S(=O)(=O)NCC3CCCNC3)c2n1. The summed E-state index contributed by atoms with van der Waals surface area (Å²) in [4.78, 5) is 1.58. The summed E-state index contributed by atoms with van der Waals surface area (Å²) >= 11 is 0. The van der Waals surface area contributed by atoms with Crippen LogP contribution in [0.2, 0.25) is 0 Å². The zero-order chi connectivity index (χ0) is 14.9. The summed E-state index contributed by atoms with van der Waals surface area (Å²) in [6, 6.07) is 5.01. The van der Waals surface area contributed by atoms with Gasteiger partial charge in [-0.1, -0.05) is 6.07 Å². The zero-order valence-corrected chi connectivity index (χ0v) is 12.7. The van der Waals surface area contributed by atoms with E-state index >= 15 is 0 Å². The summed E-state index contributed by atoms with van der Waals surface area (Å²) in [7, 11) is -1.89. The highest BCUT2D eigenvalue weighted by Gasteiger charge is 2.22. The molecule has 114 valence electrons. The van der Waals surface area contributed by atoms with E-state index < -0.39 is 10.0 Å². The fraction of sp³-hybridized carbons (Fsp3) is 0.538. The van der Waals surface area contributed by atoms with Gasteiger partial charge in [0.15, 0.2) is 0 Å². The Hall–Kier alpha value is -1.51. The highest BCUT2D eigenvalue weighted by molar-refractivity contribution is 7.89. The fourth-order valence-corrected chi connectivity index (χ4v) is 3.90. The Kier molecular flexibility index (Phi) is 3.92. The summed E-state index contributed by atoms with van der Waals surface area (Å²) in [5.41, 5.74) is 0.994. The molecule has 1 aliphatic heterocycles. The van der Waals surface area contributed by atoms with Crippen LogP contribution in [0, 0.1) is 5.92 Å². The summed E-state index contributed by atoms with van der Waals surface area (Å²) in [6.45, 7) is 2.33. The molecular weight excluding hydrogens is 290 g/mol. The number of sulfonamides is 1. The van der Waals surface area contributed by atoms with E-state index in [1.807, 2.05) is 0 Å². The van der Waals surface area contributed by atoms with E-state index in [-0.39, 0.29) is 4.90 Å². The molecule has 1 unspecified atom stereocenters. The van der Waals surface area contributed by atoms with Gasteiger partial charge in [0.2, 0.25) is 10.0 Å². The summed E-state index contributed by atoms with van der Waals surface area (Å²) in [6.07, 6.45) is 2.14. The van der Waals surface area contributed by atoms with Crippen molar-refractivity contribution in [3.8, 4) is 0 Å². The molecule has 7 nitrogen and oxygen atoms in total. The van der Waals surface area contributed by atoms with E-state index in [2.05, 4.69) is 20.2 Å². The van der Waals surface area contributed by atoms with Crippen molar-refractivity contribution >= 4 is 21.1 Å². The molecule has 2 aromatic rings. The Morgan fingerprint density at radius 2 is 2.29 bits per heavy atom. The molecule has 0 spiro atoms. The molecule has 21 heavy (non-hydrogen) atoms. The van der Waals surface area contributed by atoms with Crippen molar-refractivity contribution in [2.45, 2.75) is 17.7 Å². The third kappa shape index (κ3) is 3.07. The quantitative estimate of drug-likeness (QED) is 0.845. The monoisotopic (exact) mass is 309 g/mol. The van der Waals surface area contributed by atoms with Gasteiger partial charge in [0, 0.05) is 13.6 Å². The average molecular weight is 309 g/mol. The van der Waals surface area contributed by atoms with Crippen molar-refractivity contribution < 1.29 is 8.42 Å². The van der Waals surface area contributed by atoms with Crippen LogP contribution in [0.15, 0.2) is 23.1 Å². The van der Waals surface area contributed by atoms with E-state index in [0.29, 0.717) is 23.5 Å². The number of nitrogens with one attached hydrogen (secondary N) is 2. The second kappa shape index (κ2) is 5.70. The lowest BCUT2D eigenvalue weighted by Gasteiger charge is -2.22. The highest BCUT2D eigenvalue weighted by atomic mass is 32.2. The van der Waals surface area contributed by atoms with Crippen LogP contribution in [0.4, 0.5) is 0 Å². The first-order valence-electron chi connectivity index (χ1n) is 7.07. The zero-order valence-electron chi connectivity index (χ0n) is 11.9. The van der Waals surface area contributed by atoms with E-state index in [4.69, 9.17) is 0 Å². The van der Waals surface area contributed by atoms with Crippen molar-refractivity contribution in [3.63, 3.8) is 0 Å². The molecule has 1 aromatic carbocycles. The lowest BCUT2D eigenvalue weighted by atomic mass is 10.0. The van der Waals surface area contributed by atoms with Crippen LogP contribution in [0.25, 0.3) is 11.0 Å². The molecule has 0 saturated carbocycles. The molecule has 1 aliphatic rings. The largest absolute Gasteiger partial charge is 0.316 e. The summed E-state index contributed by atoms with van der Waals surface area (Å²) < 4.78 is 27.7. The summed E-state index contributed by atoms with van der Waals surface area (Å²) in [5, 5.41) is 11.6. The van der Waals surface area contributed by atoms with Crippen molar-refractivity contribution in [2.75, 3.05) is 19.6 Å². The van der Waals surface area contributed by atoms with Gasteiger partial charge in [-0.15, -0.1) is 0 Å². The number of aryl methyl sites for hydroxylation is 1. The predicted molar refractivity (Wildman–Crippen MR) is 79.3 cm³/mol. The topological polar surface area (TPSA) is 88.9 Å². The maximum absolute atomic E-state index is 12.5. The van der Waals surface area contributed by atoms with Gasteiger partial charge in [-0.2, -0.15) is 15.0 Å². The van der Waals surface area contributed by atoms with Gasteiger partial charge < -0.3 is 5.32 Å². The third-order valence-electron chi connectivity index (χ3n) is 3.73. The number of hydrogen-bond donors (Lipinski definition) is 2. The highest BCUT2D eigenvalue weighted by Crippen LogP contribution is 2.19. The van der Waals surface area contributed by atoms with E-state index in [0.717, 1.165) is 25.9 Å². The molecule has 1 atom stereocenters. The number of piperidine rings is 1. The number of fused-ring (bicyclic) bond motifs is 1. The van der Waals surface area contributed by atoms with Gasteiger partial charge in [-0.3, -0.25) is 0 Å². The first kappa shape index (κ1) is 14.4. The average Bonchev–Trinajstić information content (AvgIpc) is 2.86. The minimum atomic E-state index is -3.57. The van der Waals surface area contributed by atoms with Gasteiger partial charge in [-0.25, -0.2) is 13.1 Å². The molecule has 0 amide bonds. The van der Waals surface area contributed by atoms with E-state index in [9.17, 15) is 8.42 Å². The number of nitrogens with zero attached hydrogens (tertiary/aromatic N) is 3. The molecule has 3 rings (SSSR count). The Labute approximate surface area is 123 Å². The van der Waals surface area contributed by atoms with E-state index in [1.54, 1.807) is 25.2 Å². The maximum atomic E-state index is 12.5. The van der Waals surface area contributed by atoms with Crippen molar-refractivity contribution in [3.05, 3.63) is 18.2 Å². The Morgan fingerprint density at radius 1 is 1.43 bits per heavy atom. The van der Waals surface area contributed by atoms with Crippen LogP contribution in [0.3, 0.4) is 0 Å². The first-order chi connectivity index (χ1) is 10.1.